The van der Waals surface area contributed by atoms with Crippen LogP contribution < -0.4 is 4.74 Å². The number of hydrogen-bond donors (Lipinski definition) is 0. The van der Waals surface area contributed by atoms with Crippen LogP contribution >= 0.6 is 15.9 Å². The Morgan fingerprint density at radius 1 is 1.24 bits per heavy atom. The van der Waals surface area contributed by atoms with E-state index in [-0.39, 0.29) is 17.5 Å². The van der Waals surface area contributed by atoms with Gasteiger partial charge < -0.3 is 4.74 Å². The van der Waals surface area contributed by atoms with Crippen molar-refractivity contribution in [2.24, 2.45) is 0 Å². The normalized spacial score (nSPS) is 10.5. The molecule has 0 aromatic heterocycles. The van der Waals surface area contributed by atoms with Crippen molar-refractivity contribution in [2.45, 2.75) is 13.3 Å². The van der Waals surface area contributed by atoms with Gasteiger partial charge in [0.25, 0.3) is 0 Å². The fraction of sp³-hybridized carbons (Fsp3) is 0.188. The van der Waals surface area contributed by atoms with Gasteiger partial charge in [0.15, 0.2) is 11.6 Å². The molecular formula is C16H13BrF2O2. The van der Waals surface area contributed by atoms with Crippen LogP contribution in [0.4, 0.5) is 8.78 Å². The Morgan fingerprint density at radius 2 is 2.00 bits per heavy atom. The Morgan fingerprint density at radius 3 is 2.71 bits per heavy atom. The molecule has 0 unspecified atom stereocenters. The van der Waals surface area contributed by atoms with Crippen LogP contribution in [0, 0.1) is 18.6 Å². The lowest BCUT2D eigenvalue weighted by Crippen LogP contribution is -2.11. The maximum Gasteiger partial charge on any atom is 0.172 e. The summed E-state index contributed by atoms with van der Waals surface area (Å²) in [7, 11) is 0. The van der Waals surface area contributed by atoms with Crippen molar-refractivity contribution < 1.29 is 18.3 Å². The molecule has 0 spiro atoms. The van der Waals surface area contributed by atoms with Crippen molar-refractivity contribution in [1.29, 1.82) is 0 Å². The third-order valence-corrected chi connectivity index (χ3v) is 3.52. The number of rotatable bonds is 5. The highest BCUT2D eigenvalue weighted by molar-refractivity contribution is 9.10. The molecule has 0 radical (unpaired) electrons. The van der Waals surface area contributed by atoms with Crippen molar-refractivity contribution in [3.8, 4) is 5.75 Å². The van der Waals surface area contributed by atoms with Crippen LogP contribution in [0.2, 0.25) is 0 Å². The largest absolute Gasteiger partial charge is 0.493 e. The zero-order chi connectivity index (χ0) is 15.4. The van der Waals surface area contributed by atoms with E-state index in [1.54, 1.807) is 6.07 Å². The van der Waals surface area contributed by atoms with E-state index in [4.69, 9.17) is 4.74 Å². The first kappa shape index (κ1) is 15.6. The Bertz CT molecular complexity index is 671. The second-order valence-corrected chi connectivity index (χ2v) is 5.41. The van der Waals surface area contributed by atoms with Gasteiger partial charge in [-0.05, 0) is 52.7 Å². The van der Waals surface area contributed by atoms with E-state index in [9.17, 15) is 13.6 Å². The van der Waals surface area contributed by atoms with Crippen LogP contribution in [0.15, 0.2) is 40.9 Å². The molecule has 0 amide bonds. The SMILES string of the molecule is Cc1cccc(OCCC(=O)c2c(F)ccc(Br)c2F)c1. The summed E-state index contributed by atoms with van der Waals surface area (Å²) in [4.78, 5) is 11.9. The first-order valence-corrected chi connectivity index (χ1v) is 7.14. The first-order valence-electron chi connectivity index (χ1n) is 6.35. The average Bonchev–Trinajstić information content (AvgIpc) is 2.43. The molecule has 0 atom stereocenters. The standard InChI is InChI=1S/C16H13BrF2O2/c1-10-3-2-4-11(9-10)21-8-7-14(20)15-13(18)6-5-12(17)16(15)19/h2-6,9H,7-8H2,1H3. The highest BCUT2D eigenvalue weighted by atomic mass is 79.9. The van der Waals surface area contributed by atoms with E-state index < -0.39 is 23.0 Å². The molecule has 0 saturated carbocycles. The number of carbonyl (C=O) groups is 1. The summed E-state index contributed by atoms with van der Waals surface area (Å²) in [5.41, 5.74) is 0.500. The van der Waals surface area contributed by atoms with Crippen LogP contribution in [-0.2, 0) is 0 Å². The third kappa shape index (κ3) is 3.88. The van der Waals surface area contributed by atoms with Gasteiger partial charge in [0.2, 0.25) is 0 Å². The van der Waals surface area contributed by atoms with Crippen LogP contribution in [0.3, 0.4) is 0 Å². The molecule has 0 aliphatic heterocycles. The zero-order valence-corrected chi connectivity index (χ0v) is 12.9. The minimum Gasteiger partial charge on any atom is -0.493 e. The molecule has 5 heteroatoms. The van der Waals surface area contributed by atoms with Gasteiger partial charge >= 0.3 is 0 Å². The Balaban J connectivity index is 2.01. The van der Waals surface area contributed by atoms with E-state index in [0.29, 0.717) is 5.75 Å². The molecule has 21 heavy (non-hydrogen) atoms. The quantitative estimate of drug-likeness (QED) is 0.575. The maximum absolute atomic E-state index is 13.8. The molecular weight excluding hydrogens is 342 g/mol. The van der Waals surface area contributed by atoms with Crippen molar-refractivity contribution in [2.75, 3.05) is 6.61 Å². The highest BCUT2D eigenvalue weighted by Crippen LogP contribution is 2.23. The van der Waals surface area contributed by atoms with E-state index in [2.05, 4.69) is 15.9 Å². The average molecular weight is 355 g/mol. The molecule has 0 heterocycles. The number of halogens is 3. The summed E-state index contributed by atoms with van der Waals surface area (Å²) in [5, 5.41) is 0. The van der Waals surface area contributed by atoms with Gasteiger partial charge in [0.1, 0.15) is 11.6 Å². The smallest absolute Gasteiger partial charge is 0.172 e. The summed E-state index contributed by atoms with van der Waals surface area (Å²) < 4.78 is 32.8. The number of hydrogen-bond acceptors (Lipinski definition) is 2. The van der Waals surface area contributed by atoms with Gasteiger partial charge in [-0.1, -0.05) is 12.1 Å². The number of ether oxygens (including phenoxy) is 1. The van der Waals surface area contributed by atoms with E-state index in [1.807, 2.05) is 25.1 Å². The minimum absolute atomic E-state index is 0.0619. The number of aryl methyl sites for hydroxylation is 1. The van der Waals surface area contributed by atoms with E-state index in [1.165, 1.54) is 6.07 Å². The van der Waals surface area contributed by atoms with Crippen LogP contribution in [0.5, 0.6) is 5.75 Å². The molecule has 2 rings (SSSR count). The fourth-order valence-electron chi connectivity index (χ4n) is 1.87. The van der Waals surface area contributed by atoms with Crippen LogP contribution in [0.25, 0.3) is 0 Å². The number of benzene rings is 2. The molecule has 2 aromatic rings. The molecule has 0 N–H and O–H groups in total. The predicted molar refractivity (Wildman–Crippen MR) is 79.7 cm³/mol. The molecule has 2 aromatic carbocycles. The lowest BCUT2D eigenvalue weighted by molar-refractivity contribution is 0.0954. The Hall–Kier alpha value is -1.75. The summed E-state index contributed by atoms with van der Waals surface area (Å²) in [6.45, 7) is 1.98. The molecule has 0 fully saturated rings. The summed E-state index contributed by atoms with van der Waals surface area (Å²) in [5.74, 6) is -1.75. The Labute approximate surface area is 129 Å². The maximum atomic E-state index is 13.8. The van der Waals surface area contributed by atoms with Crippen molar-refractivity contribution in [3.05, 3.63) is 63.6 Å². The van der Waals surface area contributed by atoms with Gasteiger partial charge in [0, 0.05) is 6.42 Å². The van der Waals surface area contributed by atoms with Gasteiger partial charge in [-0.15, -0.1) is 0 Å². The Kier molecular flexibility index (Phi) is 5.07. The molecule has 0 saturated heterocycles. The molecule has 0 aliphatic carbocycles. The van der Waals surface area contributed by atoms with Crippen LogP contribution in [-0.4, -0.2) is 12.4 Å². The molecule has 0 aliphatic rings. The van der Waals surface area contributed by atoms with Gasteiger partial charge in [0.05, 0.1) is 16.6 Å². The van der Waals surface area contributed by atoms with Crippen molar-refractivity contribution >= 4 is 21.7 Å². The second-order valence-electron chi connectivity index (χ2n) is 4.56. The summed E-state index contributed by atoms with van der Waals surface area (Å²) in [6, 6.07) is 9.62. The molecule has 2 nitrogen and oxygen atoms in total. The molecule has 110 valence electrons. The van der Waals surface area contributed by atoms with Crippen molar-refractivity contribution in [3.63, 3.8) is 0 Å². The fourth-order valence-corrected chi connectivity index (χ4v) is 2.20. The third-order valence-electron chi connectivity index (χ3n) is 2.91. The van der Waals surface area contributed by atoms with Crippen molar-refractivity contribution in [1.82, 2.24) is 0 Å². The topological polar surface area (TPSA) is 26.3 Å². The monoisotopic (exact) mass is 354 g/mol. The second kappa shape index (κ2) is 6.80. The van der Waals surface area contributed by atoms with E-state index >= 15 is 0 Å². The lowest BCUT2D eigenvalue weighted by atomic mass is 10.1. The molecule has 0 bridgehead atoms. The van der Waals surface area contributed by atoms with Gasteiger partial charge in [-0.2, -0.15) is 0 Å². The summed E-state index contributed by atoms with van der Waals surface area (Å²) >= 11 is 2.94. The van der Waals surface area contributed by atoms with Crippen LogP contribution in [0.1, 0.15) is 22.3 Å². The first-order chi connectivity index (χ1) is 9.99. The van der Waals surface area contributed by atoms with Gasteiger partial charge in [-0.3, -0.25) is 4.79 Å². The minimum atomic E-state index is -0.879. The summed E-state index contributed by atoms with van der Waals surface area (Å²) in [6.07, 6.45) is -0.0990. The van der Waals surface area contributed by atoms with Gasteiger partial charge in [-0.25, -0.2) is 8.78 Å². The highest BCUT2D eigenvalue weighted by Gasteiger charge is 2.19. The number of carbonyl (C=O) groups excluding carboxylic acids is 1. The zero-order valence-electron chi connectivity index (χ0n) is 11.3. The predicted octanol–water partition coefficient (Wildman–Crippen LogP) is 4.69. The number of Topliss-reactive ketones (excluding diaryl/α,β-unsaturated/α-hetero) is 1. The van der Waals surface area contributed by atoms with E-state index in [0.717, 1.165) is 11.6 Å². The number of ketones is 1. The lowest BCUT2D eigenvalue weighted by Gasteiger charge is -2.08.